The van der Waals surface area contributed by atoms with Crippen LogP contribution in [0.1, 0.15) is 27.2 Å². The molecule has 0 aliphatic carbocycles. The van der Waals surface area contributed by atoms with Gasteiger partial charge in [-0.2, -0.15) is 0 Å². The lowest BCUT2D eigenvalue weighted by Crippen LogP contribution is -2.31. The van der Waals surface area contributed by atoms with Crippen LogP contribution in [0.15, 0.2) is 0 Å². The molecule has 13 heavy (non-hydrogen) atoms. The van der Waals surface area contributed by atoms with Gasteiger partial charge in [-0.05, 0) is 20.5 Å². The van der Waals surface area contributed by atoms with Crippen molar-refractivity contribution in [1.29, 1.82) is 0 Å². The predicted octanol–water partition coefficient (Wildman–Crippen LogP) is 1.89. The van der Waals surface area contributed by atoms with Crippen molar-refractivity contribution in [2.45, 2.75) is 33.4 Å². The molecule has 0 bridgehead atoms. The first-order chi connectivity index (χ1) is 5.75. The molecule has 0 spiro atoms. The fourth-order valence-electron chi connectivity index (χ4n) is 0.972. The zero-order valence-electron chi connectivity index (χ0n) is 9.22. The van der Waals surface area contributed by atoms with E-state index >= 15 is 0 Å². The topological polar surface area (TPSA) is 20.3 Å². The van der Waals surface area contributed by atoms with E-state index in [-0.39, 0.29) is 5.78 Å². The molecule has 0 aromatic carbocycles. The Morgan fingerprint density at radius 1 is 1.38 bits per heavy atom. The van der Waals surface area contributed by atoms with Gasteiger partial charge >= 0.3 is 0 Å². The van der Waals surface area contributed by atoms with Gasteiger partial charge in [-0.15, -0.1) is 0 Å². The summed E-state index contributed by atoms with van der Waals surface area (Å²) in [6, 6.07) is 0. The van der Waals surface area contributed by atoms with Crippen LogP contribution < -0.4 is 0 Å². The Labute approximate surface area is 80.1 Å². The zero-order valence-corrected chi connectivity index (χ0v) is 9.22. The molecular weight excluding hydrogens is 169 g/mol. The van der Waals surface area contributed by atoms with Crippen molar-refractivity contribution < 1.29 is 9.18 Å². The molecule has 3 heteroatoms. The Morgan fingerprint density at radius 3 is 2.15 bits per heavy atom. The van der Waals surface area contributed by atoms with E-state index < -0.39 is 11.6 Å². The molecule has 0 amide bonds. The number of carbonyl (C=O) groups excluding carboxylic acids is 1. The molecule has 0 aliphatic heterocycles. The van der Waals surface area contributed by atoms with Gasteiger partial charge in [0.1, 0.15) is 0 Å². The lowest BCUT2D eigenvalue weighted by atomic mass is 9.87. The molecule has 0 aromatic heterocycles. The van der Waals surface area contributed by atoms with E-state index in [4.69, 9.17) is 0 Å². The van der Waals surface area contributed by atoms with Gasteiger partial charge in [-0.25, -0.2) is 4.39 Å². The average Bonchev–Trinajstić information content (AvgIpc) is 1.96. The highest BCUT2D eigenvalue weighted by Gasteiger charge is 2.29. The highest BCUT2D eigenvalue weighted by molar-refractivity contribution is 5.87. The molecular formula is C10H20FNO. The number of rotatable bonds is 4. The Bertz CT molecular complexity index is 172. The van der Waals surface area contributed by atoms with E-state index in [1.807, 2.05) is 19.0 Å². The van der Waals surface area contributed by atoms with Crippen LogP contribution in [0.2, 0.25) is 0 Å². The van der Waals surface area contributed by atoms with Gasteiger partial charge in [0.25, 0.3) is 0 Å². The molecule has 0 rings (SSSR count). The second-order valence-electron chi connectivity index (χ2n) is 4.67. The third-order valence-electron chi connectivity index (χ3n) is 1.85. The summed E-state index contributed by atoms with van der Waals surface area (Å²) in [5.74, 6) is -0.297. The Morgan fingerprint density at radius 2 is 1.85 bits per heavy atom. The van der Waals surface area contributed by atoms with Gasteiger partial charge in [0.15, 0.2) is 12.0 Å². The maximum Gasteiger partial charge on any atom is 0.172 e. The van der Waals surface area contributed by atoms with Crippen LogP contribution in [0.25, 0.3) is 0 Å². The Balaban J connectivity index is 3.98. The summed E-state index contributed by atoms with van der Waals surface area (Å²) in [5, 5.41) is 0. The highest BCUT2D eigenvalue weighted by Crippen LogP contribution is 2.19. The molecule has 0 heterocycles. The Hall–Kier alpha value is -0.440. The normalized spacial score (nSPS) is 14.7. The number of Topliss-reactive ketones (excluding diaryl/α,β-unsaturated/α-hetero) is 1. The molecule has 0 saturated carbocycles. The minimum absolute atomic E-state index is 0.295. The summed E-state index contributed by atoms with van der Waals surface area (Å²) in [6.07, 6.45) is -1.02. The second-order valence-corrected chi connectivity index (χ2v) is 4.67. The molecule has 0 aromatic rings. The van der Waals surface area contributed by atoms with Gasteiger partial charge in [0.05, 0.1) is 0 Å². The Kier molecular flexibility index (Phi) is 4.54. The van der Waals surface area contributed by atoms with Crippen LogP contribution in [-0.4, -0.2) is 37.5 Å². The first-order valence-electron chi connectivity index (χ1n) is 4.58. The SMILES string of the molecule is CN(C)CCC(F)C(=O)C(C)(C)C. The number of halogens is 1. The van der Waals surface area contributed by atoms with Crippen LogP contribution >= 0.6 is 0 Å². The molecule has 0 saturated heterocycles. The molecule has 0 radical (unpaired) electrons. The lowest BCUT2D eigenvalue weighted by Gasteiger charge is -2.20. The number of hydrogen-bond donors (Lipinski definition) is 0. The van der Waals surface area contributed by atoms with Crippen LogP contribution in [0.4, 0.5) is 4.39 Å². The molecule has 1 unspecified atom stereocenters. The van der Waals surface area contributed by atoms with Gasteiger partial charge in [0.2, 0.25) is 0 Å². The maximum absolute atomic E-state index is 13.3. The van der Waals surface area contributed by atoms with E-state index in [0.717, 1.165) is 0 Å². The van der Waals surface area contributed by atoms with E-state index in [9.17, 15) is 9.18 Å². The largest absolute Gasteiger partial charge is 0.309 e. The zero-order chi connectivity index (χ0) is 10.6. The summed E-state index contributed by atoms with van der Waals surface area (Å²) in [4.78, 5) is 13.3. The second kappa shape index (κ2) is 4.70. The predicted molar refractivity (Wildman–Crippen MR) is 52.5 cm³/mol. The van der Waals surface area contributed by atoms with Crippen LogP contribution in [0.3, 0.4) is 0 Å². The maximum atomic E-state index is 13.3. The summed E-state index contributed by atoms with van der Waals surface area (Å²) < 4.78 is 13.3. The van der Waals surface area contributed by atoms with E-state index in [2.05, 4.69) is 0 Å². The van der Waals surface area contributed by atoms with Gasteiger partial charge < -0.3 is 4.90 Å². The molecule has 0 fully saturated rings. The number of ketones is 1. The standard InChI is InChI=1S/C10H20FNO/c1-10(2,3)9(13)8(11)6-7-12(4)5/h8H,6-7H2,1-5H3. The number of hydrogen-bond acceptors (Lipinski definition) is 2. The van der Waals surface area contributed by atoms with Crippen molar-refractivity contribution in [1.82, 2.24) is 4.90 Å². The first-order valence-corrected chi connectivity index (χ1v) is 4.58. The summed E-state index contributed by atoms with van der Waals surface area (Å²) >= 11 is 0. The van der Waals surface area contributed by atoms with Crippen molar-refractivity contribution in [3.05, 3.63) is 0 Å². The monoisotopic (exact) mass is 189 g/mol. The quantitative estimate of drug-likeness (QED) is 0.673. The van der Waals surface area contributed by atoms with Crippen molar-refractivity contribution >= 4 is 5.78 Å². The van der Waals surface area contributed by atoms with E-state index in [1.54, 1.807) is 20.8 Å². The molecule has 2 nitrogen and oxygen atoms in total. The molecule has 0 N–H and O–H groups in total. The van der Waals surface area contributed by atoms with Crippen LogP contribution in [-0.2, 0) is 4.79 Å². The lowest BCUT2D eigenvalue weighted by molar-refractivity contribution is -0.131. The third-order valence-corrected chi connectivity index (χ3v) is 1.85. The van der Waals surface area contributed by atoms with Crippen molar-refractivity contribution in [3.8, 4) is 0 Å². The van der Waals surface area contributed by atoms with Crippen molar-refractivity contribution in [2.75, 3.05) is 20.6 Å². The summed E-state index contributed by atoms with van der Waals surface area (Å²) in [6.45, 7) is 5.86. The number of nitrogens with zero attached hydrogens (tertiary/aromatic N) is 1. The van der Waals surface area contributed by atoms with Gasteiger partial charge in [0, 0.05) is 12.0 Å². The number of carbonyl (C=O) groups is 1. The average molecular weight is 189 g/mol. The highest BCUT2D eigenvalue weighted by atomic mass is 19.1. The molecule has 78 valence electrons. The summed E-state index contributed by atoms with van der Waals surface area (Å²) in [5.41, 5.74) is -0.564. The fourth-order valence-corrected chi connectivity index (χ4v) is 0.972. The van der Waals surface area contributed by atoms with E-state index in [0.29, 0.717) is 13.0 Å². The number of alkyl halides is 1. The first kappa shape index (κ1) is 12.6. The molecule has 1 atom stereocenters. The smallest absolute Gasteiger partial charge is 0.172 e. The molecule has 0 aliphatic rings. The summed E-state index contributed by atoms with van der Waals surface area (Å²) in [7, 11) is 3.74. The van der Waals surface area contributed by atoms with Crippen molar-refractivity contribution in [3.63, 3.8) is 0 Å². The van der Waals surface area contributed by atoms with Crippen LogP contribution in [0, 0.1) is 5.41 Å². The third kappa shape index (κ3) is 4.98. The van der Waals surface area contributed by atoms with Gasteiger partial charge in [-0.3, -0.25) is 4.79 Å². The fraction of sp³-hybridized carbons (Fsp3) is 0.900. The van der Waals surface area contributed by atoms with Gasteiger partial charge in [-0.1, -0.05) is 20.8 Å². The van der Waals surface area contributed by atoms with Crippen molar-refractivity contribution in [2.24, 2.45) is 5.41 Å². The van der Waals surface area contributed by atoms with Crippen LogP contribution in [0.5, 0.6) is 0 Å². The van der Waals surface area contributed by atoms with E-state index in [1.165, 1.54) is 0 Å². The minimum atomic E-state index is -1.32. The minimum Gasteiger partial charge on any atom is -0.309 e.